The highest BCUT2D eigenvalue weighted by atomic mass is 19.1. The molecule has 0 saturated carbocycles. The predicted molar refractivity (Wildman–Crippen MR) is 80.2 cm³/mol. The van der Waals surface area contributed by atoms with E-state index >= 15 is 0 Å². The minimum Gasteiger partial charge on any atom is -0.305 e. The van der Waals surface area contributed by atoms with Crippen molar-refractivity contribution in [1.82, 2.24) is 10.3 Å². The summed E-state index contributed by atoms with van der Waals surface area (Å²) in [6, 6.07) is 9.63. The molecule has 1 heterocycles. The summed E-state index contributed by atoms with van der Waals surface area (Å²) in [4.78, 5) is 4.24. The Hall–Kier alpha value is -1.74. The van der Waals surface area contributed by atoms with E-state index in [2.05, 4.69) is 49.3 Å². The van der Waals surface area contributed by atoms with Gasteiger partial charge in [-0.1, -0.05) is 30.7 Å². The molecule has 0 spiro atoms. The van der Waals surface area contributed by atoms with Crippen LogP contribution in [0.5, 0.6) is 0 Å². The lowest BCUT2D eigenvalue weighted by molar-refractivity contribution is 0.574. The number of hydrogen-bond donors (Lipinski definition) is 1. The lowest BCUT2D eigenvalue weighted by Gasteiger charge is -2.21. The number of halogens is 1. The summed E-state index contributed by atoms with van der Waals surface area (Å²) in [6.07, 6.45) is 2.32. The summed E-state index contributed by atoms with van der Waals surface area (Å²) in [6.45, 7) is 7.21. The molecule has 0 amide bonds. The number of nitrogens with zero attached hydrogens (tertiary/aromatic N) is 1. The zero-order valence-corrected chi connectivity index (χ0v) is 12.3. The van der Waals surface area contributed by atoms with Crippen molar-refractivity contribution in [2.24, 2.45) is 0 Å². The number of aromatic nitrogens is 1. The van der Waals surface area contributed by atoms with Gasteiger partial charge >= 0.3 is 0 Å². The van der Waals surface area contributed by atoms with Crippen LogP contribution in [-0.2, 0) is 0 Å². The molecule has 0 radical (unpaired) electrons. The van der Waals surface area contributed by atoms with Crippen LogP contribution < -0.4 is 5.32 Å². The number of nitrogens with one attached hydrogen (secondary N) is 1. The molecule has 0 saturated heterocycles. The molecule has 20 heavy (non-hydrogen) atoms. The minimum atomic E-state index is -0.302. The molecule has 1 atom stereocenters. The maximum absolute atomic E-state index is 13.1. The smallest absolute Gasteiger partial charge is 0.141 e. The van der Waals surface area contributed by atoms with Crippen molar-refractivity contribution in [3.63, 3.8) is 0 Å². The van der Waals surface area contributed by atoms with E-state index in [0.29, 0.717) is 0 Å². The van der Waals surface area contributed by atoms with E-state index in [9.17, 15) is 4.39 Å². The first kappa shape index (κ1) is 14.7. The fraction of sp³-hybridized carbons (Fsp3) is 0.353. The van der Waals surface area contributed by atoms with E-state index in [-0.39, 0.29) is 11.9 Å². The van der Waals surface area contributed by atoms with Gasteiger partial charge < -0.3 is 5.32 Å². The Bertz CT molecular complexity index is 564. The van der Waals surface area contributed by atoms with Gasteiger partial charge in [0.1, 0.15) is 5.82 Å². The summed E-state index contributed by atoms with van der Waals surface area (Å²) in [7, 11) is 0. The van der Waals surface area contributed by atoms with Gasteiger partial charge in [-0.05, 0) is 50.1 Å². The third-order valence-corrected chi connectivity index (χ3v) is 3.39. The first-order valence-corrected chi connectivity index (χ1v) is 7.03. The second-order valence-electron chi connectivity index (χ2n) is 5.15. The highest BCUT2D eigenvalue weighted by molar-refractivity contribution is 5.37. The van der Waals surface area contributed by atoms with Gasteiger partial charge in [0.2, 0.25) is 0 Å². The van der Waals surface area contributed by atoms with Gasteiger partial charge in [-0.3, -0.25) is 4.98 Å². The second kappa shape index (κ2) is 6.62. The Kier molecular flexibility index (Phi) is 4.85. The molecule has 2 aromatic rings. The average Bonchev–Trinajstić information content (AvgIpc) is 2.44. The molecule has 1 aromatic heterocycles. The summed E-state index contributed by atoms with van der Waals surface area (Å²) >= 11 is 0. The fourth-order valence-corrected chi connectivity index (χ4v) is 2.29. The van der Waals surface area contributed by atoms with E-state index in [1.165, 1.54) is 29.0 Å². The van der Waals surface area contributed by atoms with Crippen LogP contribution in [0.3, 0.4) is 0 Å². The molecular weight excluding hydrogens is 251 g/mol. The molecule has 3 heteroatoms. The topological polar surface area (TPSA) is 24.9 Å². The normalized spacial score (nSPS) is 12.4. The Labute approximate surface area is 120 Å². The highest BCUT2D eigenvalue weighted by Gasteiger charge is 2.17. The van der Waals surface area contributed by atoms with Gasteiger partial charge in [0.15, 0.2) is 0 Å². The zero-order valence-electron chi connectivity index (χ0n) is 12.3. The predicted octanol–water partition coefficient (Wildman–Crippen LogP) is 3.93. The fourth-order valence-electron chi connectivity index (χ4n) is 2.29. The lowest BCUT2D eigenvalue weighted by Crippen LogP contribution is -2.25. The van der Waals surface area contributed by atoms with Gasteiger partial charge in [0.05, 0.1) is 17.9 Å². The van der Waals surface area contributed by atoms with Crippen molar-refractivity contribution in [2.75, 3.05) is 6.54 Å². The van der Waals surface area contributed by atoms with Crippen molar-refractivity contribution in [1.29, 1.82) is 0 Å². The summed E-state index contributed by atoms with van der Waals surface area (Å²) in [5, 5.41) is 3.50. The molecule has 2 nitrogen and oxygen atoms in total. The van der Waals surface area contributed by atoms with Crippen LogP contribution in [0.1, 0.15) is 41.8 Å². The minimum absolute atomic E-state index is 0.00968. The van der Waals surface area contributed by atoms with Crippen molar-refractivity contribution in [2.45, 2.75) is 33.2 Å². The molecule has 1 N–H and O–H groups in total. The van der Waals surface area contributed by atoms with Gasteiger partial charge in [0, 0.05) is 0 Å². The number of pyridine rings is 1. The molecule has 1 aromatic carbocycles. The molecule has 1 unspecified atom stereocenters. The largest absolute Gasteiger partial charge is 0.305 e. The van der Waals surface area contributed by atoms with Crippen LogP contribution in [0.15, 0.2) is 36.5 Å². The van der Waals surface area contributed by atoms with Crippen LogP contribution in [0.4, 0.5) is 4.39 Å². The van der Waals surface area contributed by atoms with E-state index < -0.39 is 0 Å². The van der Waals surface area contributed by atoms with Gasteiger partial charge in [-0.25, -0.2) is 4.39 Å². The molecular formula is C17H21FN2. The number of hydrogen-bond acceptors (Lipinski definition) is 2. The molecule has 0 fully saturated rings. The number of aryl methyl sites for hydroxylation is 2. The van der Waals surface area contributed by atoms with Gasteiger partial charge in [-0.15, -0.1) is 0 Å². The average molecular weight is 272 g/mol. The van der Waals surface area contributed by atoms with Gasteiger partial charge in [0.25, 0.3) is 0 Å². The SMILES string of the molecule is CCCNC(c1ccc(F)cn1)c1cc(C)ccc1C. The standard InChI is InChI=1S/C17H21FN2/c1-4-9-19-17(16-8-7-14(18)11-20-16)15-10-12(2)5-6-13(15)3/h5-8,10-11,17,19H,4,9H2,1-3H3. The molecule has 2 rings (SSSR count). The van der Waals surface area contributed by atoms with E-state index in [4.69, 9.17) is 0 Å². The monoisotopic (exact) mass is 272 g/mol. The van der Waals surface area contributed by atoms with Gasteiger partial charge in [-0.2, -0.15) is 0 Å². The molecule has 0 bridgehead atoms. The molecule has 106 valence electrons. The lowest BCUT2D eigenvalue weighted by atomic mass is 9.96. The Morgan fingerprint density at radius 2 is 2.00 bits per heavy atom. The maximum atomic E-state index is 13.1. The Morgan fingerprint density at radius 1 is 1.20 bits per heavy atom. The Balaban J connectivity index is 2.41. The highest BCUT2D eigenvalue weighted by Crippen LogP contribution is 2.24. The van der Waals surface area contributed by atoms with E-state index in [1.54, 1.807) is 6.07 Å². The number of rotatable bonds is 5. The van der Waals surface area contributed by atoms with Crippen molar-refractivity contribution >= 4 is 0 Å². The zero-order chi connectivity index (χ0) is 14.5. The second-order valence-corrected chi connectivity index (χ2v) is 5.15. The maximum Gasteiger partial charge on any atom is 0.141 e. The molecule has 0 aliphatic rings. The third-order valence-electron chi connectivity index (χ3n) is 3.39. The molecule has 0 aliphatic carbocycles. The van der Waals surface area contributed by atoms with Crippen LogP contribution in [0.2, 0.25) is 0 Å². The van der Waals surface area contributed by atoms with Crippen LogP contribution >= 0.6 is 0 Å². The van der Waals surface area contributed by atoms with Crippen LogP contribution in [0, 0.1) is 19.7 Å². The first-order chi connectivity index (χ1) is 9.61. The Morgan fingerprint density at radius 3 is 2.65 bits per heavy atom. The first-order valence-electron chi connectivity index (χ1n) is 7.03. The van der Waals surface area contributed by atoms with Crippen molar-refractivity contribution in [3.8, 4) is 0 Å². The third kappa shape index (κ3) is 3.42. The number of benzene rings is 1. The van der Waals surface area contributed by atoms with Crippen LogP contribution in [0.25, 0.3) is 0 Å². The van der Waals surface area contributed by atoms with E-state index in [0.717, 1.165) is 18.7 Å². The summed E-state index contributed by atoms with van der Waals surface area (Å²) in [5.74, 6) is -0.302. The summed E-state index contributed by atoms with van der Waals surface area (Å²) in [5.41, 5.74) is 4.50. The van der Waals surface area contributed by atoms with Crippen LogP contribution in [-0.4, -0.2) is 11.5 Å². The molecule has 0 aliphatic heterocycles. The van der Waals surface area contributed by atoms with Crippen molar-refractivity contribution in [3.05, 3.63) is 64.7 Å². The van der Waals surface area contributed by atoms with Crippen molar-refractivity contribution < 1.29 is 4.39 Å². The summed E-state index contributed by atoms with van der Waals surface area (Å²) < 4.78 is 13.1. The quantitative estimate of drug-likeness (QED) is 0.892. The van der Waals surface area contributed by atoms with E-state index in [1.807, 2.05) is 0 Å².